The SMILES string of the molecule is Fc1ccc(-c2cc3ccccc3n2Cc2ccc(Cl)cc2)cc1F. The molecule has 0 amide bonds. The Hall–Kier alpha value is -2.65. The molecule has 0 aliphatic heterocycles. The summed E-state index contributed by atoms with van der Waals surface area (Å²) >= 11 is 5.96. The molecule has 4 rings (SSSR count). The summed E-state index contributed by atoms with van der Waals surface area (Å²) in [6.07, 6.45) is 0. The highest BCUT2D eigenvalue weighted by molar-refractivity contribution is 6.30. The number of para-hydroxylation sites is 1. The van der Waals surface area contributed by atoms with Gasteiger partial charge < -0.3 is 4.57 Å². The summed E-state index contributed by atoms with van der Waals surface area (Å²) in [4.78, 5) is 0. The number of hydrogen-bond acceptors (Lipinski definition) is 0. The smallest absolute Gasteiger partial charge is 0.159 e. The van der Waals surface area contributed by atoms with E-state index >= 15 is 0 Å². The van der Waals surface area contributed by atoms with Crippen molar-refractivity contribution in [2.45, 2.75) is 6.54 Å². The highest BCUT2D eigenvalue weighted by atomic mass is 35.5. The van der Waals surface area contributed by atoms with E-state index in [-0.39, 0.29) is 0 Å². The van der Waals surface area contributed by atoms with Crippen molar-refractivity contribution >= 4 is 22.5 Å². The maximum atomic E-state index is 13.7. The Labute approximate surface area is 149 Å². The van der Waals surface area contributed by atoms with Crippen LogP contribution in [-0.4, -0.2) is 4.57 Å². The van der Waals surface area contributed by atoms with Crippen LogP contribution in [0.3, 0.4) is 0 Å². The standard InChI is InChI=1S/C21H14ClF2N/c22-17-8-5-14(6-9-17)13-25-20-4-2-1-3-15(20)12-21(25)16-7-10-18(23)19(24)11-16/h1-12H,13H2. The van der Waals surface area contributed by atoms with Gasteiger partial charge in [0.1, 0.15) is 0 Å². The molecule has 1 aromatic heterocycles. The fraction of sp³-hybridized carbons (Fsp3) is 0.0476. The summed E-state index contributed by atoms with van der Waals surface area (Å²) < 4.78 is 29.1. The zero-order valence-corrected chi connectivity index (χ0v) is 14.0. The number of halogens is 3. The van der Waals surface area contributed by atoms with Crippen molar-refractivity contribution in [3.8, 4) is 11.3 Å². The Bertz CT molecular complexity index is 1050. The highest BCUT2D eigenvalue weighted by Gasteiger charge is 2.13. The van der Waals surface area contributed by atoms with E-state index in [0.717, 1.165) is 28.2 Å². The molecule has 3 aromatic carbocycles. The molecule has 0 unspecified atom stereocenters. The number of nitrogens with zero attached hydrogens (tertiary/aromatic N) is 1. The molecule has 4 heteroatoms. The van der Waals surface area contributed by atoms with E-state index in [1.165, 1.54) is 6.07 Å². The minimum atomic E-state index is -0.846. The molecule has 0 saturated carbocycles. The Morgan fingerprint density at radius 3 is 2.32 bits per heavy atom. The maximum Gasteiger partial charge on any atom is 0.159 e. The highest BCUT2D eigenvalue weighted by Crippen LogP contribution is 2.30. The van der Waals surface area contributed by atoms with Crippen molar-refractivity contribution in [1.82, 2.24) is 4.57 Å². The number of rotatable bonds is 3. The molecule has 0 aliphatic rings. The molecule has 4 aromatic rings. The van der Waals surface area contributed by atoms with E-state index in [9.17, 15) is 8.78 Å². The predicted molar refractivity (Wildman–Crippen MR) is 97.8 cm³/mol. The van der Waals surface area contributed by atoms with Crippen molar-refractivity contribution in [3.63, 3.8) is 0 Å². The van der Waals surface area contributed by atoms with Gasteiger partial charge >= 0.3 is 0 Å². The van der Waals surface area contributed by atoms with Gasteiger partial charge in [-0.05, 0) is 48.0 Å². The molecule has 0 atom stereocenters. The quantitative estimate of drug-likeness (QED) is 0.408. The van der Waals surface area contributed by atoms with Gasteiger partial charge in [0, 0.05) is 33.7 Å². The van der Waals surface area contributed by atoms with Gasteiger partial charge in [-0.25, -0.2) is 8.78 Å². The van der Waals surface area contributed by atoms with Crippen LogP contribution in [0.25, 0.3) is 22.2 Å². The van der Waals surface area contributed by atoms with Gasteiger partial charge in [0.2, 0.25) is 0 Å². The third-order valence-corrected chi connectivity index (χ3v) is 4.53. The second-order valence-electron chi connectivity index (χ2n) is 5.93. The largest absolute Gasteiger partial charge is 0.336 e. The average Bonchev–Trinajstić information content (AvgIpc) is 2.98. The first-order valence-electron chi connectivity index (χ1n) is 7.90. The van der Waals surface area contributed by atoms with E-state index < -0.39 is 11.6 Å². The van der Waals surface area contributed by atoms with Crippen molar-refractivity contribution < 1.29 is 8.78 Å². The van der Waals surface area contributed by atoms with Crippen LogP contribution >= 0.6 is 11.6 Å². The number of benzene rings is 3. The lowest BCUT2D eigenvalue weighted by molar-refractivity contribution is 0.509. The molecule has 25 heavy (non-hydrogen) atoms. The van der Waals surface area contributed by atoms with Gasteiger partial charge in [0.05, 0.1) is 0 Å². The number of fused-ring (bicyclic) bond motifs is 1. The zero-order valence-electron chi connectivity index (χ0n) is 13.2. The lowest BCUT2D eigenvalue weighted by atomic mass is 10.1. The first-order chi connectivity index (χ1) is 12.1. The molecular weight excluding hydrogens is 340 g/mol. The van der Waals surface area contributed by atoms with Crippen LogP contribution in [0.4, 0.5) is 8.78 Å². The second-order valence-corrected chi connectivity index (χ2v) is 6.37. The van der Waals surface area contributed by atoms with Gasteiger partial charge in [-0.2, -0.15) is 0 Å². The molecule has 0 aliphatic carbocycles. The molecule has 0 bridgehead atoms. The van der Waals surface area contributed by atoms with Crippen LogP contribution in [0.5, 0.6) is 0 Å². The van der Waals surface area contributed by atoms with E-state index in [1.54, 1.807) is 6.07 Å². The van der Waals surface area contributed by atoms with Gasteiger partial charge in [0.25, 0.3) is 0 Å². The lowest BCUT2D eigenvalue weighted by Gasteiger charge is -2.12. The molecule has 124 valence electrons. The molecule has 0 N–H and O–H groups in total. The molecule has 0 spiro atoms. The fourth-order valence-electron chi connectivity index (χ4n) is 3.05. The Balaban J connectivity index is 1.88. The van der Waals surface area contributed by atoms with E-state index in [1.807, 2.05) is 54.6 Å². The van der Waals surface area contributed by atoms with E-state index in [2.05, 4.69) is 4.57 Å². The monoisotopic (exact) mass is 353 g/mol. The van der Waals surface area contributed by atoms with Gasteiger partial charge in [-0.3, -0.25) is 0 Å². The van der Waals surface area contributed by atoms with Gasteiger partial charge in [-0.15, -0.1) is 0 Å². The Morgan fingerprint density at radius 1 is 0.800 bits per heavy atom. The summed E-state index contributed by atoms with van der Waals surface area (Å²) in [5.74, 6) is -1.69. The topological polar surface area (TPSA) is 4.93 Å². The van der Waals surface area contributed by atoms with Crippen LogP contribution < -0.4 is 0 Å². The molecule has 0 fully saturated rings. The van der Waals surface area contributed by atoms with Crippen molar-refractivity contribution in [2.75, 3.05) is 0 Å². The summed E-state index contributed by atoms with van der Waals surface area (Å²) in [5.41, 5.74) is 3.60. The van der Waals surface area contributed by atoms with Crippen LogP contribution in [0.1, 0.15) is 5.56 Å². The maximum absolute atomic E-state index is 13.7. The first kappa shape index (κ1) is 15.9. The Morgan fingerprint density at radius 2 is 1.56 bits per heavy atom. The van der Waals surface area contributed by atoms with Gasteiger partial charge in [-0.1, -0.05) is 41.9 Å². The summed E-state index contributed by atoms with van der Waals surface area (Å²) in [7, 11) is 0. The van der Waals surface area contributed by atoms with Gasteiger partial charge in [0.15, 0.2) is 11.6 Å². The lowest BCUT2D eigenvalue weighted by Crippen LogP contribution is -2.02. The number of hydrogen-bond donors (Lipinski definition) is 0. The molecular formula is C21H14ClF2N. The van der Waals surface area contributed by atoms with Crippen molar-refractivity contribution in [1.29, 1.82) is 0 Å². The third kappa shape index (κ3) is 3.03. The second kappa shape index (κ2) is 6.34. The molecule has 1 heterocycles. The average molecular weight is 354 g/mol. The van der Waals surface area contributed by atoms with E-state index in [0.29, 0.717) is 17.1 Å². The molecule has 0 saturated heterocycles. The predicted octanol–water partition coefficient (Wildman–Crippen LogP) is 6.29. The minimum absolute atomic E-state index is 0.610. The normalized spacial score (nSPS) is 11.2. The summed E-state index contributed by atoms with van der Waals surface area (Å²) in [6, 6.07) is 21.6. The molecule has 0 radical (unpaired) electrons. The molecule has 1 nitrogen and oxygen atoms in total. The first-order valence-corrected chi connectivity index (χ1v) is 8.28. The minimum Gasteiger partial charge on any atom is -0.336 e. The van der Waals surface area contributed by atoms with Crippen molar-refractivity contribution in [2.24, 2.45) is 0 Å². The number of aromatic nitrogens is 1. The van der Waals surface area contributed by atoms with Crippen LogP contribution in [0.2, 0.25) is 5.02 Å². The van der Waals surface area contributed by atoms with E-state index in [4.69, 9.17) is 11.6 Å². The van der Waals surface area contributed by atoms with Crippen LogP contribution in [0.15, 0.2) is 72.8 Å². The third-order valence-electron chi connectivity index (χ3n) is 4.28. The Kier molecular flexibility index (Phi) is 4.02. The fourth-order valence-corrected chi connectivity index (χ4v) is 3.17. The summed E-state index contributed by atoms with van der Waals surface area (Å²) in [5, 5.41) is 1.73. The zero-order chi connectivity index (χ0) is 17.4. The summed E-state index contributed by atoms with van der Waals surface area (Å²) in [6.45, 7) is 0.610. The van der Waals surface area contributed by atoms with Crippen LogP contribution in [0, 0.1) is 11.6 Å². The van der Waals surface area contributed by atoms with Crippen molar-refractivity contribution in [3.05, 3.63) is 95.0 Å². The van der Waals surface area contributed by atoms with Crippen LogP contribution in [-0.2, 0) is 6.54 Å².